The molecule has 0 aliphatic rings. The Kier molecular flexibility index (Phi) is 11.2. The van der Waals surface area contributed by atoms with Gasteiger partial charge in [-0.15, -0.1) is 0 Å². The molecule has 0 saturated carbocycles. The van der Waals surface area contributed by atoms with Gasteiger partial charge < -0.3 is 0 Å². The molecule has 18 heavy (non-hydrogen) atoms. The van der Waals surface area contributed by atoms with Gasteiger partial charge in [0.05, 0.1) is 0 Å². The summed E-state index contributed by atoms with van der Waals surface area (Å²) >= 11 is 6.64. The molecule has 0 saturated heterocycles. The average Bonchev–Trinajstić information content (AvgIpc) is 2.38. The number of thiocarbonyl (C=S) groups is 1. The Bertz CT molecular complexity index is 355. The molecule has 0 bridgehead atoms. The van der Waals surface area contributed by atoms with E-state index in [0.29, 0.717) is 6.44 Å². The van der Waals surface area contributed by atoms with E-state index in [4.69, 9.17) is 12.2 Å². The first-order chi connectivity index (χ1) is 8.72. The number of nitrogens with one attached hydrogen (secondary N) is 1. The van der Waals surface area contributed by atoms with Gasteiger partial charge >= 0.3 is 106 Å². The van der Waals surface area contributed by atoms with Crippen LogP contribution in [0.15, 0.2) is 29.2 Å². The summed E-state index contributed by atoms with van der Waals surface area (Å²) in [7, 11) is 0.877. The monoisotopic (exact) mass is 281 g/mol. The van der Waals surface area contributed by atoms with Gasteiger partial charge in [-0.3, -0.25) is 0 Å². The van der Waals surface area contributed by atoms with Crippen LogP contribution < -0.4 is 5.32 Å². The predicted molar refractivity (Wildman–Crippen MR) is 84.9 cm³/mol. The fraction of sp³-hybridized carbons (Fsp3) is 0.462. The SMILES string of the molecule is CC.CC(=S)Sc1ccc(CCNCB=O)cc1. The molecule has 2 nitrogen and oxygen atoms in total. The average molecular weight is 281 g/mol. The molecule has 5 heteroatoms. The van der Waals surface area contributed by atoms with Gasteiger partial charge in [0.2, 0.25) is 0 Å². The molecule has 1 rings (SSSR count). The molecule has 0 heterocycles. The third-order valence-corrected chi connectivity index (χ3v) is 3.05. The molecule has 0 aliphatic heterocycles. The van der Waals surface area contributed by atoms with Gasteiger partial charge in [-0.1, -0.05) is 13.8 Å². The van der Waals surface area contributed by atoms with E-state index in [1.54, 1.807) is 11.8 Å². The van der Waals surface area contributed by atoms with Crippen molar-refractivity contribution in [3.05, 3.63) is 29.8 Å². The van der Waals surface area contributed by atoms with E-state index < -0.39 is 0 Å². The van der Waals surface area contributed by atoms with E-state index in [-0.39, 0.29) is 0 Å². The molecule has 0 atom stereocenters. The summed E-state index contributed by atoms with van der Waals surface area (Å²) in [5.41, 5.74) is 1.27. The maximum absolute atomic E-state index is 10.1. The summed E-state index contributed by atoms with van der Waals surface area (Å²) in [4.78, 5) is 1.18. The molecule has 1 aromatic carbocycles. The number of hydrogen-bond acceptors (Lipinski definition) is 4. The van der Waals surface area contributed by atoms with Gasteiger partial charge in [-0.2, -0.15) is 0 Å². The van der Waals surface area contributed by atoms with E-state index >= 15 is 0 Å². The first kappa shape index (κ1) is 17.5. The number of hydrogen-bond donors (Lipinski definition) is 1. The second-order valence-corrected chi connectivity index (χ2v) is 5.52. The van der Waals surface area contributed by atoms with Crippen molar-refractivity contribution in [2.75, 3.05) is 13.0 Å². The number of benzene rings is 1. The third kappa shape index (κ3) is 8.56. The maximum atomic E-state index is 10.1. The molecule has 1 N–H and O–H groups in total. The van der Waals surface area contributed by atoms with Crippen molar-refractivity contribution in [2.24, 2.45) is 0 Å². The van der Waals surface area contributed by atoms with Crippen LogP contribution in [-0.2, 0) is 11.1 Å². The molecule has 0 spiro atoms. The number of thioether (sulfide) groups is 1. The van der Waals surface area contributed by atoms with Crippen LogP contribution in [0.4, 0.5) is 0 Å². The fourth-order valence-corrected chi connectivity index (χ4v) is 2.18. The molecule has 0 amide bonds. The van der Waals surface area contributed by atoms with Gasteiger partial charge in [-0.25, -0.2) is 0 Å². The zero-order chi connectivity index (χ0) is 13.8. The molecule has 0 radical (unpaired) electrons. The normalized spacial score (nSPS) is 9.06. The van der Waals surface area contributed by atoms with E-state index in [0.717, 1.165) is 24.3 Å². The standard InChI is InChI=1S/C11H14BNOS2.C2H6/c1-9(15)16-11-4-2-10(3-5-11)6-7-13-8-12-14;1-2/h2-5,13H,6-8H2,1H3;1-2H3. The number of rotatable bonds is 6. The summed E-state index contributed by atoms with van der Waals surface area (Å²) in [6.07, 6.45) is 1.37. The van der Waals surface area contributed by atoms with Crippen molar-refractivity contribution in [1.29, 1.82) is 0 Å². The Balaban J connectivity index is 0.00000137. The molecule has 98 valence electrons. The molecular formula is C13H20BNOS2. The molecule has 1 aromatic rings. The Morgan fingerprint density at radius 1 is 1.33 bits per heavy atom. The molecule has 0 aliphatic carbocycles. The summed E-state index contributed by atoms with van der Waals surface area (Å²) in [6, 6.07) is 8.36. The molecule has 0 fully saturated rings. The Morgan fingerprint density at radius 2 is 1.94 bits per heavy atom. The van der Waals surface area contributed by atoms with Crippen LogP contribution in [0.25, 0.3) is 0 Å². The third-order valence-electron chi connectivity index (χ3n) is 2.00. The van der Waals surface area contributed by atoms with Gasteiger partial charge in [0, 0.05) is 0 Å². The Hall–Kier alpha value is -0.515. The first-order valence-electron chi connectivity index (χ1n) is 6.14. The predicted octanol–water partition coefficient (Wildman–Crippen LogP) is 3.29. The zero-order valence-electron chi connectivity index (χ0n) is 11.2. The second kappa shape index (κ2) is 11.6. The van der Waals surface area contributed by atoms with Crippen molar-refractivity contribution in [2.45, 2.75) is 32.1 Å². The van der Waals surface area contributed by atoms with Crippen LogP contribution in [-0.4, -0.2) is 24.3 Å². The molecule has 0 aromatic heterocycles. The van der Waals surface area contributed by atoms with Crippen LogP contribution in [0, 0.1) is 0 Å². The van der Waals surface area contributed by atoms with Crippen LogP contribution in [0.2, 0.25) is 0 Å². The van der Waals surface area contributed by atoms with Crippen LogP contribution in [0.3, 0.4) is 0 Å². The molecule has 0 unspecified atom stereocenters. The van der Waals surface area contributed by atoms with E-state index in [2.05, 4.69) is 29.6 Å². The molecular weight excluding hydrogens is 261 g/mol. The Labute approximate surface area is 120 Å². The Morgan fingerprint density at radius 3 is 2.44 bits per heavy atom. The zero-order valence-corrected chi connectivity index (χ0v) is 12.9. The van der Waals surface area contributed by atoms with Crippen LogP contribution in [0.1, 0.15) is 26.3 Å². The van der Waals surface area contributed by atoms with E-state index in [1.165, 1.54) is 10.5 Å². The van der Waals surface area contributed by atoms with Crippen molar-refractivity contribution in [3.8, 4) is 0 Å². The second-order valence-electron chi connectivity index (χ2n) is 3.36. The summed E-state index contributed by atoms with van der Waals surface area (Å²) in [5, 5.41) is 3.04. The van der Waals surface area contributed by atoms with Gasteiger partial charge in [-0.05, 0) is 0 Å². The van der Waals surface area contributed by atoms with Crippen molar-refractivity contribution >= 4 is 35.3 Å². The van der Waals surface area contributed by atoms with Crippen LogP contribution >= 0.6 is 24.0 Å². The summed E-state index contributed by atoms with van der Waals surface area (Å²) < 4.78 is 11.0. The van der Waals surface area contributed by atoms with Crippen molar-refractivity contribution in [3.63, 3.8) is 0 Å². The minimum atomic E-state index is 0.429. The summed E-state index contributed by atoms with van der Waals surface area (Å²) in [6.45, 7) is 6.76. The van der Waals surface area contributed by atoms with Crippen molar-refractivity contribution < 1.29 is 4.70 Å². The fourth-order valence-electron chi connectivity index (χ4n) is 1.28. The minimum absolute atomic E-state index is 0.429. The van der Waals surface area contributed by atoms with Crippen molar-refractivity contribution in [1.82, 2.24) is 5.32 Å². The van der Waals surface area contributed by atoms with Gasteiger partial charge in [0.1, 0.15) is 0 Å². The van der Waals surface area contributed by atoms with E-state index in [9.17, 15) is 4.70 Å². The first-order valence-corrected chi connectivity index (χ1v) is 7.36. The van der Waals surface area contributed by atoms with Gasteiger partial charge in [0.25, 0.3) is 0 Å². The van der Waals surface area contributed by atoms with Gasteiger partial charge in [0.15, 0.2) is 0 Å². The van der Waals surface area contributed by atoms with E-state index in [1.807, 2.05) is 20.8 Å². The quantitative estimate of drug-likeness (QED) is 0.375. The topological polar surface area (TPSA) is 29.1 Å². The summed E-state index contributed by atoms with van der Waals surface area (Å²) in [5.74, 6) is 0. The van der Waals surface area contributed by atoms with Crippen LogP contribution in [0.5, 0.6) is 0 Å².